The number of anilines is 2. The molecule has 1 saturated heterocycles. The highest BCUT2D eigenvalue weighted by Crippen LogP contribution is 2.38. The van der Waals surface area contributed by atoms with Crippen LogP contribution in [0.2, 0.25) is 0 Å². The Labute approximate surface area is 139 Å². The van der Waals surface area contributed by atoms with Gasteiger partial charge in [-0.15, -0.1) is 0 Å². The first kappa shape index (κ1) is 17.3. The van der Waals surface area contributed by atoms with Crippen LogP contribution in [-0.4, -0.2) is 46.5 Å². The summed E-state index contributed by atoms with van der Waals surface area (Å²) >= 11 is 0. The van der Waals surface area contributed by atoms with Gasteiger partial charge in [-0.2, -0.15) is 13.2 Å². The van der Waals surface area contributed by atoms with E-state index in [-0.39, 0.29) is 31.5 Å². The molecule has 3 unspecified atom stereocenters. The SMILES string of the molecule is OCC1CCCN1c1cc(NC2CCCC(C(F)(F)F)C2)ncn1. The van der Waals surface area contributed by atoms with Crippen LogP contribution in [0.4, 0.5) is 24.8 Å². The zero-order chi connectivity index (χ0) is 17.2. The fraction of sp³-hybridized carbons (Fsp3) is 0.750. The Morgan fingerprint density at radius 3 is 2.79 bits per heavy atom. The molecular formula is C16H23F3N4O. The molecule has 1 aromatic heterocycles. The summed E-state index contributed by atoms with van der Waals surface area (Å²) < 4.78 is 38.8. The maximum absolute atomic E-state index is 12.9. The van der Waals surface area contributed by atoms with E-state index in [2.05, 4.69) is 15.3 Å². The van der Waals surface area contributed by atoms with Gasteiger partial charge in [0.25, 0.3) is 0 Å². The van der Waals surface area contributed by atoms with Gasteiger partial charge in [-0.25, -0.2) is 9.97 Å². The molecule has 3 rings (SSSR count). The van der Waals surface area contributed by atoms with E-state index >= 15 is 0 Å². The van der Waals surface area contributed by atoms with Gasteiger partial charge in [0.2, 0.25) is 0 Å². The fourth-order valence-corrected chi connectivity index (χ4v) is 3.74. The van der Waals surface area contributed by atoms with Crippen molar-refractivity contribution in [1.82, 2.24) is 9.97 Å². The third-order valence-corrected chi connectivity index (χ3v) is 5.02. The molecule has 2 heterocycles. The van der Waals surface area contributed by atoms with Gasteiger partial charge >= 0.3 is 6.18 Å². The number of aliphatic hydroxyl groups excluding tert-OH is 1. The normalized spacial score (nSPS) is 28.2. The van der Waals surface area contributed by atoms with Gasteiger partial charge in [0.15, 0.2) is 0 Å². The standard InChI is InChI=1S/C16H23F3N4O/c17-16(18,19)11-3-1-4-12(7-11)22-14-8-15(21-10-20-14)23-6-2-5-13(23)9-24/h8,10-13,24H,1-7,9H2,(H,20,21,22). The van der Waals surface area contributed by atoms with E-state index in [1.54, 1.807) is 6.07 Å². The lowest BCUT2D eigenvalue weighted by Crippen LogP contribution is -2.35. The molecule has 0 aromatic carbocycles. The van der Waals surface area contributed by atoms with Gasteiger partial charge in [-0.1, -0.05) is 6.42 Å². The number of aromatic nitrogens is 2. The number of rotatable bonds is 4. The van der Waals surface area contributed by atoms with E-state index in [4.69, 9.17) is 0 Å². The van der Waals surface area contributed by atoms with Gasteiger partial charge in [0, 0.05) is 18.7 Å². The molecule has 1 aliphatic heterocycles. The Bertz CT molecular complexity index is 554. The number of alkyl halides is 3. The second-order valence-electron chi connectivity index (χ2n) is 6.68. The van der Waals surface area contributed by atoms with Crippen molar-refractivity contribution in [2.24, 2.45) is 5.92 Å². The summed E-state index contributed by atoms with van der Waals surface area (Å²) in [7, 11) is 0. The maximum atomic E-state index is 12.9. The van der Waals surface area contributed by atoms with Crippen LogP contribution < -0.4 is 10.2 Å². The van der Waals surface area contributed by atoms with Crippen molar-refractivity contribution in [3.63, 3.8) is 0 Å². The number of nitrogens with zero attached hydrogens (tertiary/aromatic N) is 3. The van der Waals surface area contributed by atoms with Gasteiger partial charge < -0.3 is 15.3 Å². The summed E-state index contributed by atoms with van der Waals surface area (Å²) in [6, 6.07) is 1.60. The van der Waals surface area contributed by atoms with Crippen LogP contribution in [-0.2, 0) is 0 Å². The minimum absolute atomic E-state index is 0.0528. The van der Waals surface area contributed by atoms with Crippen LogP contribution in [0.5, 0.6) is 0 Å². The number of halogens is 3. The summed E-state index contributed by atoms with van der Waals surface area (Å²) in [4.78, 5) is 10.4. The summed E-state index contributed by atoms with van der Waals surface area (Å²) in [5, 5.41) is 12.6. The molecule has 1 saturated carbocycles. The fourth-order valence-electron chi connectivity index (χ4n) is 3.74. The minimum atomic E-state index is -4.12. The minimum Gasteiger partial charge on any atom is -0.394 e. The third-order valence-electron chi connectivity index (χ3n) is 5.02. The molecular weight excluding hydrogens is 321 g/mol. The zero-order valence-electron chi connectivity index (χ0n) is 13.5. The lowest BCUT2D eigenvalue weighted by atomic mass is 9.85. The van der Waals surface area contributed by atoms with Gasteiger partial charge in [-0.05, 0) is 32.1 Å². The summed E-state index contributed by atoms with van der Waals surface area (Å²) in [6.07, 6.45) is 0.796. The van der Waals surface area contributed by atoms with Gasteiger partial charge in [-0.3, -0.25) is 0 Å². The molecule has 8 heteroatoms. The molecule has 1 aliphatic carbocycles. The van der Waals surface area contributed by atoms with E-state index in [1.165, 1.54) is 6.33 Å². The topological polar surface area (TPSA) is 61.3 Å². The molecule has 2 aliphatic rings. The molecule has 2 N–H and O–H groups in total. The highest BCUT2D eigenvalue weighted by Gasteiger charge is 2.42. The zero-order valence-corrected chi connectivity index (χ0v) is 13.5. The quantitative estimate of drug-likeness (QED) is 0.879. The van der Waals surface area contributed by atoms with Crippen molar-refractivity contribution in [2.75, 3.05) is 23.4 Å². The number of nitrogens with one attached hydrogen (secondary N) is 1. The van der Waals surface area contributed by atoms with Crippen LogP contribution in [0.1, 0.15) is 38.5 Å². The summed E-state index contributed by atoms with van der Waals surface area (Å²) in [6.45, 7) is 0.893. The lowest BCUT2D eigenvalue weighted by Gasteiger charge is -2.31. The maximum Gasteiger partial charge on any atom is 0.391 e. The second kappa shape index (κ2) is 7.13. The van der Waals surface area contributed by atoms with E-state index in [0.717, 1.165) is 25.8 Å². The first-order valence-electron chi connectivity index (χ1n) is 8.50. The third kappa shape index (κ3) is 3.91. The Morgan fingerprint density at radius 2 is 2.04 bits per heavy atom. The van der Waals surface area contributed by atoms with Crippen molar-refractivity contribution < 1.29 is 18.3 Å². The molecule has 1 aromatic rings. The van der Waals surface area contributed by atoms with Gasteiger partial charge in [0.1, 0.15) is 18.0 Å². The molecule has 5 nitrogen and oxygen atoms in total. The lowest BCUT2D eigenvalue weighted by molar-refractivity contribution is -0.182. The Balaban J connectivity index is 1.66. The van der Waals surface area contributed by atoms with Crippen molar-refractivity contribution in [1.29, 1.82) is 0 Å². The Kier molecular flexibility index (Phi) is 5.12. The predicted molar refractivity (Wildman–Crippen MR) is 84.9 cm³/mol. The van der Waals surface area contributed by atoms with Crippen molar-refractivity contribution >= 4 is 11.6 Å². The number of hydrogen-bond donors (Lipinski definition) is 2. The van der Waals surface area contributed by atoms with Crippen LogP contribution in [0.3, 0.4) is 0 Å². The average molecular weight is 344 g/mol. The van der Waals surface area contributed by atoms with Gasteiger partial charge in [0.05, 0.1) is 18.6 Å². The second-order valence-corrected chi connectivity index (χ2v) is 6.68. The van der Waals surface area contributed by atoms with Crippen molar-refractivity contribution in [3.05, 3.63) is 12.4 Å². The highest BCUT2D eigenvalue weighted by atomic mass is 19.4. The first-order chi connectivity index (χ1) is 11.5. The van der Waals surface area contributed by atoms with Crippen molar-refractivity contribution in [2.45, 2.75) is 56.8 Å². The van der Waals surface area contributed by atoms with Crippen molar-refractivity contribution in [3.8, 4) is 0 Å². The largest absolute Gasteiger partial charge is 0.394 e. The first-order valence-corrected chi connectivity index (χ1v) is 8.50. The molecule has 134 valence electrons. The molecule has 0 spiro atoms. The van der Waals surface area contributed by atoms with E-state index in [9.17, 15) is 18.3 Å². The highest BCUT2D eigenvalue weighted by molar-refractivity contribution is 5.50. The number of aliphatic hydroxyl groups is 1. The smallest absolute Gasteiger partial charge is 0.391 e. The van der Waals surface area contributed by atoms with E-state index in [0.29, 0.717) is 18.1 Å². The van der Waals surface area contributed by atoms with E-state index in [1.807, 2.05) is 4.90 Å². The number of hydrogen-bond acceptors (Lipinski definition) is 5. The molecule has 0 radical (unpaired) electrons. The predicted octanol–water partition coefficient (Wildman–Crippen LogP) is 2.97. The van der Waals surface area contributed by atoms with Crippen LogP contribution in [0, 0.1) is 5.92 Å². The van der Waals surface area contributed by atoms with Crippen LogP contribution in [0.25, 0.3) is 0 Å². The summed E-state index contributed by atoms with van der Waals surface area (Å²) in [5.41, 5.74) is 0. The molecule has 0 amide bonds. The molecule has 0 bridgehead atoms. The van der Waals surface area contributed by atoms with Crippen LogP contribution in [0.15, 0.2) is 12.4 Å². The Morgan fingerprint density at radius 1 is 1.21 bits per heavy atom. The van der Waals surface area contributed by atoms with Crippen LogP contribution >= 0.6 is 0 Å². The molecule has 2 fully saturated rings. The monoisotopic (exact) mass is 344 g/mol. The summed E-state index contributed by atoms with van der Waals surface area (Å²) in [5.74, 6) is 0.0334. The van der Waals surface area contributed by atoms with E-state index < -0.39 is 12.1 Å². The molecule has 24 heavy (non-hydrogen) atoms. The molecule has 3 atom stereocenters. The Hall–Kier alpha value is -1.57. The average Bonchev–Trinajstić information content (AvgIpc) is 3.03.